The van der Waals surface area contributed by atoms with Gasteiger partial charge in [-0.3, -0.25) is 0 Å². The fraction of sp³-hybridized carbons (Fsp3) is 0.833. The molecule has 0 radical (unpaired) electrons. The summed E-state index contributed by atoms with van der Waals surface area (Å²) in [7, 11) is -2.45. The Hall–Kier alpha value is -0.209. The Bertz CT molecular complexity index is 319. The molecule has 106 valence electrons. The minimum absolute atomic E-state index is 0.720. The normalized spacial score (nSPS) is 23.1. The van der Waals surface area contributed by atoms with Crippen molar-refractivity contribution in [1.29, 1.82) is 0 Å². The molecule has 0 aromatic rings. The van der Waals surface area contributed by atoms with Crippen LogP contribution in [0.25, 0.3) is 0 Å². The van der Waals surface area contributed by atoms with E-state index in [-0.39, 0.29) is 0 Å². The van der Waals surface area contributed by atoms with Crippen LogP contribution in [0.3, 0.4) is 0 Å². The van der Waals surface area contributed by atoms with Crippen molar-refractivity contribution in [1.82, 2.24) is 4.23 Å². The first-order valence-electron chi connectivity index (χ1n) is 6.72. The Morgan fingerprint density at radius 3 is 1.83 bits per heavy atom. The molecule has 0 bridgehead atoms. The number of hydrogen-bond acceptors (Lipinski definition) is 3. The Labute approximate surface area is 115 Å². The average Bonchev–Trinajstić information content (AvgIpc) is 2.38. The van der Waals surface area contributed by atoms with Gasteiger partial charge < -0.3 is 13.4 Å². The third-order valence-corrected chi connectivity index (χ3v) is 14.3. The summed E-state index contributed by atoms with van der Waals surface area (Å²) >= 11 is 0. The van der Waals surface area contributed by atoms with E-state index in [0.29, 0.717) is 0 Å². The van der Waals surface area contributed by atoms with Crippen molar-refractivity contribution in [2.24, 2.45) is 0 Å². The highest BCUT2D eigenvalue weighted by Crippen LogP contribution is 2.37. The van der Waals surface area contributed by atoms with Crippen LogP contribution < -0.4 is 0 Å². The van der Waals surface area contributed by atoms with Crippen molar-refractivity contribution in [3.05, 3.63) is 12.1 Å². The zero-order valence-electron chi connectivity index (χ0n) is 13.3. The molecule has 0 spiro atoms. The summed E-state index contributed by atoms with van der Waals surface area (Å²) in [5, 5.41) is 0. The summed E-state index contributed by atoms with van der Waals surface area (Å²) in [5.41, 5.74) is 0. The van der Waals surface area contributed by atoms with Crippen LogP contribution in [0.1, 0.15) is 0 Å². The minimum atomic E-state index is -1.59. The van der Waals surface area contributed by atoms with Crippen molar-refractivity contribution in [3.63, 3.8) is 0 Å². The fourth-order valence-corrected chi connectivity index (χ4v) is 16.8. The third-order valence-electron chi connectivity index (χ3n) is 3.50. The van der Waals surface area contributed by atoms with Crippen molar-refractivity contribution in [3.8, 4) is 0 Å². The Kier molecular flexibility index (Phi) is 4.45. The van der Waals surface area contributed by atoms with Crippen LogP contribution >= 0.6 is 0 Å². The van der Waals surface area contributed by atoms with Crippen molar-refractivity contribution < 1.29 is 9.16 Å². The summed E-state index contributed by atoms with van der Waals surface area (Å²) in [4.78, 5) is 0. The molecule has 0 unspecified atom stereocenters. The first-order valence-corrected chi connectivity index (χ1v) is 16.4. The lowest BCUT2D eigenvalue weighted by atomic mass is 10.9. The molecule has 1 fully saturated rings. The molecular weight excluding hydrogens is 274 g/mol. The van der Waals surface area contributed by atoms with E-state index >= 15 is 0 Å². The monoisotopic (exact) mass is 303 g/mol. The summed E-state index contributed by atoms with van der Waals surface area (Å²) in [6.45, 7) is 16.4. The van der Waals surface area contributed by atoms with Crippen molar-refractivity contribution in [2.45, 2.75) is 57.9 Å². The first kappa shape index (κ1) is 15.8. The molecule has 1 saturated heterocycles. The molecule has 0 aromatic heterocycles. The molecule has 3 nitrogen and oxygen atoms in total. The van der Waals surface area contributed by atoms with Crippen LogP contribution in [0.4, 0.5) is 0 Å². The van der Waals surface area contributed by atoms with Gasteiger partial charge in [0.25, 0.3) is 5.95 Å². The highest BCUT2D eigenvalue weighted by Gasteiger charge is 2.46. The molecule has 1 aliphatic rings. The van der Waals surface area contributed by atoms with Crippen LogP contribution in [0.5, 0.6) is 0 Å². The molecule has 0 saturated carbocycles. The second-order valence-corrected chi connectivity index (χ2v) is 21.5. The van der Waals surface area contributed by atoms with E-state index in [1.165, 1.54) is 12.1 Å². The van der Waals surface area contributed by atoms with Gasteiger partial charge in [-0.25, -0.2) is 0 Å². The zero-order chi connectivity index (χ0) is 14.2. The SMILES string of the molecule is CO/C(=C\N1[Si](C)(C)CC[Si]1(C)C)O[Si](C)(C)C. The number of nitrogens with zero attached hydrogens (tertiary/aromatic N) is 1. The van der Waals surface area contributed by atoms with Crippen LogP contribution in [0, 0.1) is 0 Å². The maximum absolute atomic E-state index is 6.02. The highest BCUT2D eigenvalue weighted by molar-refractivity contribution is 6.95. The summed E-state index contributed by atoms with van der Waals surface area (Å²) in [6, 6.07) is 2.79. The number of methoxy groups -OCH3 is 1. The summed E-state index contributed by atoms with van der Waals surface area (Å²) in [5.74, 6) is 0.720. The van der Waals surface area contributed by atoms with Crippen molar-refractivity contribution >= 4 is 24.8 Å². The van der Waals surface area contributed by atoms with Gasteiger partial charge in [0.15, 0.2) is 0 Å². The number of hydrogen-bond donors (Lipinski definition) is 0. The Morgan fingerprint density at radius 1 is 1.06 bits per heavy atom. The molecule has 6 heteroatoms. The number of ether oxygens (including phenoxy) is 1. The zero-order valence-corrected chi connectivity index (χ0v) is 16.3. The van der Waals surface area contributed by atoms with Gasteiger partial charge in [0.05, 0.1) is 13.3 Å². The van der Waals surface area contributed by atoms with Gasteiger partial charge in [0, 0.05) is 0 Å². The largest absolute Gasteiger partial charge is 0.519 e. The van der Waals surface area contributed by atoms with Gasteiger partial charge in [-0.15, -0.1) is 0 Å². The van der Waals surface area contributed by atoms with Crippen LogP contribution in [0.2, 0.25) is 57.9 Å². The van der Waals surface area contributed by atoms with Crippen molar-refractivity contribution in [2.75, 3.05) is 7.11 Å². The van der Waals surface area contributed by atoms with E-state index in [0.717, 1.165) is 5.95 Å². The van der Waals surface area contributed by atoms with Gasteiger partial charge in [0.1, 0.15) is 16.5 Å². The van der Waals surface area contributed by atoms with E-state index in [2.05, 4.69) is 56.3 Å². The molecule has 0 aromatic carbocycles. The van der Waals surface area contributed by atoms with Gasteiger partial charge in [-0.1, -0.05) is 26.2 Å². The predicted octanol–water partition coefficient (Wildman–Crippen LogP) is 4.01. The van der Waals surface area contributed by atoms with Gasteiger partial charge in [0.2, 0.25) is 8.32 Å². The van der Waals surface area contributed by atoms with E-state index in [1.807, 2.05) is 0 Å². The van der Waals surface area contributed by atoms with Gasteiger partial charge >= 0.3 is 0 Å². The molecule has 1 heterocycles. The quantitative estimate of drug-likeness (QED) is 0.578. The topological polar surface area (TPSA) is 21.7 Å². The predicted molar refractivity (Wildman–Crippen MR) is 85.9 cm³/mol. The molecule has 0 atom stereocenters. The third kappa shape index (κ3) is 3.89. The molecule has 1 rings (SSSR count). The molecular formula is C12H29NO2Si3. The minimum Gasteiger partial charge on any atom is -0.519 e. The molecule has 0 N–H and O–H groups in total. The van der Waals surface area contributed by atoms with Gasteiger partial charge in [-0.05, 0) is 31.7 Å². The average molecular weight is 304 g/mol. The van der Waals surface area contributed by atoms with E-state index in [4.69, 9.17) is 9.16 Å². The summed E-state index contributed by atoms with van der Waals surface area (Å²) < 4.78 is 14.1. The van der Waals surface area contributed by atoms with Crippen LogP contribution in [-0.2, 0) is 9.16 Å². The summed E-state index contributed by atoms with van der Waals surface area (Å²) in [6.07, 6.45) is 2.18. The highest BCUT2D eigenvalue weighted by atomic mass is 28.4. The lowest BCUT2D eigenvalue weighted by Crippen LogP contribution is -2.51. The standard InChI is InChI=1S/C12H29NO2Si3/c1-14-12(15-16(2,3)4)11-13-17(5,6)9-10-18(13,7)8/h11H,9-10H2,1-8H3/b12-11+. The molecule has 0 amide bonds. The second kappa shape index (κ2) is 5.05. The van der Waals surface area contributed by atoms with Crippen LogP contribution in [-0.4, -0.2) is 36.1 Å². The second-order valence-electron chi connectivity index (χ2n) is 7.36. The maximum atomic E-state index is 6.02. The van der Waals surface area contributed by atoms with E-state index < -0.39 is 24.8 Å². The Morgan fingerprint density at radius 2 is 1.50 bits per heavy atom. The molecule has 0 aliphatic carbocycles. The lowest BCUT2D eigenvalue weighted by Gasteiger charge is -2.38. The molecule has 1 aliphatic heterocycles. The van der Waals surface area contributed by atoms with Crippen LogP contribution in [0.15, 0.2) is 12.1 Å². The smallest absolute Gasteiger partial charge is 0.280 e. The molecule has 18 heavy (non-hydrogen) atoms. The maximum Gasteiger partial charge on any atom is 0.280 e. The fourth-order valence-electron chi connectivity index (χ4n) is 2.55. The van der Waals surface area contributed by atoms with E-state index in [1.54, 1.807) is 7.11 Å². The lowest BCUT2D eigenvalue weighted by molar-refractivity contribution is 0.143. The Balaban J connectivity index is 2.96. The number of rotatable bonds is 4. The van der Waals surface area contributed by atoms with Gasteiger partial charge in [-0.2, -0.15) is 0 Å². The first-order chi connectivity index (χ1) is 7.98. The van der Waals surface area contributed by atoms with E-state index in [9.17, 15) is 0 Å².